The zero-order valence-corrected chi connectivity index (χ0v) is 15.0. The van der Waals surface area contributed by atoms with E-state index in [1.54, 1.807) is 32.5 Å². The lowest BCUT2D eigenvalue weighted by molar-refractivity contribution is 0.376. The van der Waals surface area contributed by atoms with Crippen LogP contribution in [0.15, 0.2) is 47.1 Å². The van der Waals surface area contributed by atoms with Crippen LogP contribution in [-0.4, -0.2) is 34.5 Å². The second-order valence-electron chi connectivity index (χ2n) is 5.11. The fourth-order valence-corrected chi connectivity index (χ4v) is 2.33. The Morgan fingerprint density at radius 2 is 2.08 bits per heavy atom. The van der Waals surface area contributed by atoms with Crippen LogP contribution in [0.2, 0.25) is 0 Å². The Labute approximate surface area is 155 Å². The van der Waals surface area contributed by atoms with Gasteiger partial charge in [0.15, 0.2) is 16.7 Å². The summed E-state index contributed by atoms with van der Waals surface area (Å²) in [6, 6.07) is 11.0. The van der Waals surface area contributed by atoms with Crippen molar-refractivity contribution in [1.82, 2.24) is 20.4 Å². The number of thiocarbonyl (C=S) groups is 1. The van der Waals surface area contributed by atoms with Crippen molar-refractivity contribution in [3.8, 4) is 22.9 Å². The van der Waals surface area contributed by atoms with Crippen LogP contribution >= 0.6 is 12.2 Å². The van der Waals surface area contributed by atoms with E-state index in [1.807, 2.05) is 24.3 Å². The fourth-order valence-electron chi connectivity index (χ4n) is 2.16. The van der Waals surface area contributed by atoms with Gasteiger partial charge < -0.3 is 24.6 Å². The summed E-state index contributed by atoms with van der Waals surface area (Å²) in [5.74, 6) is 2.72. The second-order valence-corrected chi connectivity index (χ2v) is 5.51. The van der Waals surface area contributed by atoms with Gasteiger partial charge in [0.05, 0.1) is 20.8 Å². The summed E-state index contributed by atoms with van der Waals surface area (Å²) in [5.41, 5.74) is 0.804. The van der Waals surface area contributed by atoms with Crippen molar-refractivity contribution in [3.05, 3.63) is 48.5 Å². The predicted molar refractivity (Wildman–Crippen MR) is 100 cm³/mol. The van der Waals surface area contributed by atoms with E-state index in [-0.39, 0.29) is 6.54 Å². The van der Waals surface area contributed by atoms with E-state index in [0.717, 1.165) is 11.3 Å². The third kappa shape index (κ3) is 4.25. The second kappa shape index (κ2) is 8.26. The molecular weight excluding hydrogens is 354 g/mol. The Hall–Kier alpha value is -3.20. The molecule has 0 amide bonds. The molecule has 0 bridgehead atoms. The van der Waals surface area contributed by atoms with E-state index in [0.29, 0.717) is 28.4 Å². The SMILES string of the molecule is COc1cccc(-c2noc(CNC(=S)Nc3ncccc3OC)n2)c1. The predicted octanol–water partition coefficient (Wildman–Crippen LogP) is 2.64. The first-order valence-corrected chi connectivity index (χ1v) is 8.11. The smallest absolute Gasteiger partial charge is 0.246 e. The molecule has 2 N–H and O–H groups in total. The van der Waals surface area contributed by atoms with E-state index in [2.05, 4.69) is 25.8 Å². The molecule has 0 aliphatic heterocycles. The van der Waals surface area contributed by atoms with E-state index in [4.69, 9.17) is 26.2 Å². The lowest BCUT2D eigenvalue weighted by atomic mass is 10.2. The first kappa shape index (κ1) is 17.6. The molecule has 0 saturated heterocycles. The highest BCUT2D eigenvalue weighted by atomic mass is 32.1. The van der Waals surface area contributed by atoms with E-state index in [1.165, 1.54) is 0 Å². The molecule has 0 fully saturated rings. The lowest BCUT2D eigenvalue weighted by Gasteiger charge is -2.10. The molecule has 8 nitrogen and oxygen atoms in total. The van der Waals surface area contributed by atoms with Gasteiger partial charge in [-0.2, -0.15) is 4.98 Å². The summed E-state index contributed by atoms with van der Waals surface area (Å²) in [7, 11) is 3.17. The number of anilines is 1. The van der Waals surface area contributed by atoms with Gasteiger partial charge in [0.25, 0.3) is 0 Å². The van der Waals surface area contributed by atoms with Crippen molar-refractivity contribution in [2.75, 3.05) is 19.5 Å². The minimum atomic E-state index is 0.276. The number of hydrogen-bond acceptors (Lipinski definition) is 7. The number of rotatable bonds is 6. The molecule has 3 rings (SSSR count). The van der Waals surface area contributed by atoms with E-state index >= 15 is 0 Å². The lowest BCUT2D eigenvalue weighted by Crippen LogP contribution is -2.28. The quantitative estimate of drug-likeness (QED) is 0.634. The maximum Gasteiger partial charge on any atom is 0.246 e. The molecule has 2 heterocycles. The number of nitrogens with zero attached hydrogens (tertiary/aromatic N) is 3. The van der Waals surface area contributed by atoms with Crippen molar-refractivity contribution >= 4 is 23.1 Å². The van der Waals surface area contributed by atoms with Gasteiger partial charge in [0.2, 0.25) is 11.7 Å². The highest BCUT2D eigenvalue weighted by molar-refractivity contribution is 7.80. The minimum absolute atomic E-state index is 0.276. The Balaban J connectivity index is 1.60. The third-order valence-corrected chi connectivity index (χ3v) is 3.67. The Morgan fingerprint density at radius 3 is 2.88 bits per heavy atom. The van der Waals surface area contributed by atoms with E-state index < -0.39 is 0 Å². The highest BCUT2D eigenvalue weighted by Gasteiger charge is 2.11. The molecule has 0 spiro atoms. The summed E-state index contributed by atoms with van der Waals surface area (Å²) in [5, 5.41) is 10.3. The number of pyridine rings is 1. The largest absolute Gasteiger partial charge is 0.497 e. The number of methoxy groups -OCH3 is 2. The van der Waals surface area contributed by atoms with E-state index in [9.17, 15) is 0 Å². The van der Waals surface area contributed by atoms with Crippen molar-refractivity contribution in [1.29, 1.82) is 0 Å². The number of benzene rings is 1. The van der Waals surface area contributed by atoms with Crippen LogP contribution in [-0.2, 0) is 6.54 Å². The van der Waals surface area contributed by atoms with Crippen LogP contribution in [0.5, 0.6) is 11.5 Å². The van der Waals surface area contributed by atoms with Gasteiger partial charge in [0, 0.05) is 11.8 Å². The molecule has 1 aromatic carbocycles. The van der Waals surface area contributed by atoms with Gasteiger partial charge in [-0.05, 0) is 36.5 Å². The molecule has 0 atom stereocenters. The third-order valence-electron chi connectivity index (χ3n) is 3.42. The van der Waals surface area contributed by atoms with Gasteiger partial charge in [-0.15, -0.1) is 0 Å². The molecule has 0 radical (unpaired) electrons. The van der Waals surface area contributed by atoms with Crippen molar-refractivity contribution < 1.29 is 14.0 Å². The standard InChI is InChI=1S/C17H17N5O3S/c1-23-12-6-3-5-11(9-12)15-20-14(25-22-15)10-19-17(26)21-16-13(24-2)7-4-8-18-16/h3-9H,10H2,1-2H3,(H2,18,19,21,26). The van der Waals surface area contributed by atoms with Crippen LogP contribution in [0.3, 0.4) is 0 Å². The summed E-state index contributed by atoms with van der Waals surface area (Å²) in [6.45, 7) is 0.276. The highest BCUT2D eigenvalue weighted by Crippen LogP contribution is 2.21. The Kier molecular flexibility index (Phi) is 5.59. The molecule has 0 saturated carbocycles. The van der Waals surface area contributed by atoms with Crippen molar-refractivity contribution in [2.45, 2.75) is 6.54 Å². The Bertz CT molecular complexity index is 899. The first-order valence-electron chi connectivity index (χ1n) is 7.70. The molecular formula is C17H17N5O3S. The molecule has 9 heteroatoms. The molecule has 134 valence electrons. The average Bonchev–Trinajstić information content (AvgIpc) is 3.16. The fraction of sp³-hybridized carbons (Fsp3) is 0.176. The zero-order valence-electron chi connectivity index (χ0n) is 14.2. The monoisotopic (exact) mass is 371 g/mol. The number of ether oxygens (including phenoxy) is 2. The van der Waals surface area contributed by atoms with Gasteiger partial charge in [-0.25, -0.2) is 4.98 Å². The number of aromatic nitrogens is 3. The topological polar surface area (TPSA) is 94.3 Å². The van der Waals surface area contributed by atoms with Gasteiger partial charge in [-0.3, -0.25) is 0 Å². The maximum absolute atomic E-state index is 5.25. The molecule has 3 aromatic rings. The van der Waals surface area contributed by atoms with Crippen LogP contribution in [0, 0.1) is 0 Å². The van der Waals surface area contributed by atoms with Gasteiger partial charge in [-0.1, -0.05) is 17.3 Å². The normalized spacial score (nSPS) is 10.2. The first-order chi connectivity index (χ1) is 12.7. The van der Waals surface area contributed by atoms with Crippen LogP contribution < -0.4 is 20.1 Å². The Morgan fingerprint density at radius 1 is 1.19 bits per heavy atom. The van der Waals surface area contributed by atoms with Gasteiger partial charge >= 0.3 is 0 Å². The molecule has 0 aliphatic rings. The summed E-state index contributed by atoms with van der Waals surface area (Å²) in [4.78, 5) is 8.52. The summed E-state index contributed by atoms with van der Waals surface area (Å²) in [6.07, 6.45) is 1.64. The molecule has 26 heavy (non-hydrogen) atoms. The number of nitrogens with one attached hydrogen (secondary N) is 2. The minimum Gasteiger partial charge on any atom is -0.497 e. The van der Waals surface area contributed by atoms with Crippen LogP contribution in [0.4, 0.5) is 5.82 Å². The average molecular weight is 371 g/mol. The molecule has 0 unspecified atom stereocenters. The van der Waals surface area contributed by atoms with Crippen molar-refractivity contribution in [2.24, 2.45) is 0 Å². The maximum atomic E-state index is 5.25. The summed E-state index contributed by atoms with van der Waals surface area (Å²) < 4.78 is 15.7. The van der Waals surface area contributed by atoms with Crippen LogP contribution in [0.25, 0.3) is 11.4 Å². The van der Waals surface area contributed by atoms with Gasteiger partial charge in [0.1, 0.15) is 5.75 Å². The van der Waals surface area contributed by atoms with Crippen LogP contribution in [0.1, 0.15) is 5.89 Å². The molecule has 0 aliphatic carbocycles. The molecule has 2 aromatic heterocycles. The zero-order chi connectivity index (χ0) is 18.4. The van der Waals surface area contributed by atoms with Crippen molar-refractivity contribution in [3.63, 3.8) is 0 Å². The summed E-state index contributed by atoms with van der Waals surface area (Å²) >= 11 is 5.25. The number of hydrogen-bond donors (Lipinski definition) is 2.